The Balaban J connectivity index is 1.15. The summed E-state index contributed by atoms with van der Waals surface area (Å²) in [5.41, 5.74) is 0. The van der Waals surface area contributed by atoms with Gasteiger partial charge >= 0.3 is 0 Å². The summed E-state index contributed by atoms with van der Waals surface area (Å²) in [4.78, 5) is 22.0. The van der Waals surface area contributed by atoms with Crippen LogP contribution in [-0.2, 0) is 4.79 Å². The fraction of sp³-hybridized carbons (Fsp3) is 0.727. The van der Waals surface area contributed by atoms with Crippen LogP contribution in [0.25, 0.3) is 0 Å². The average Bonchev–Trinajstić information content (AvgIpc) is 2.70. The SMILES string of the molecule is CC(C(=O)NC1C2CC3CC(C2)CC1C3)N1CCN(c2ccc(Cl)cn2)CC1. The molecule has 6 rings (SSSR count). The highest BCUT2D eigenvalue weighted by molar-refractivity contribution is 6.30. The van der Waals surface area contributed by atoms with E-state index in [0.29, 0.717) is 11.1 Å². The number of pyridine rings is 1. The van der Waals surface area contributed by atoms with E-state index in [1.807, 2.05) is 12.1 Å². The Morgan fingerprint density at radius 3 is 2.29 bits per heavy atom. The first kappa shape index (κ1) is 18.7. The molecule has 1 unspecified atom stereocenters. The number of aromatic nitrogens is 1. The van der Waals surface area contributed by atoms with Crippen LogP contribution in [0.3, 0.4) is 0 Å². The first-order chi connectivity index (χ1) is 13.6. The lowest BCUT2D eigenvalue weighted by Crippen LogP contribution is -2.60. The predicted octanol–water partition coefficient (Wildman–Crippen LogP) is 3.19. The zero-order valence-corrected chi connectivity index (χ0v) is 17.4. The van der Waals surface area contributed by atoms with E-state index in [2.05, 4.69) is 27.0 Å². The maximum atomic E-state index is 13.0. The number of carbonyl (C=O) groups excluding carboxylic acids is 1. The number of hydrogen-bond donors (Lipinski definition) is 1. The molecule has 0 radical (unpaired) electrons. The molecule has 1 aromatic heterocycles. The number of hydrogen-bond acceptors (Lipinski definition) is 4. The molecular formula is C22H31ClN4O. The molecule has 28 heavy (non-hydrogen) atoms. The summed E-state index contributed by atoms with van der Waals surface area (Å²) < 4.78 is 0. The maximum absolute atomic E-state index is 13.0. The molecule has 1 N–H and O–H groups in total. The van der Waals surface area contributed by atoms with Gasteiger partial charge in [0.25, 0.3) is 0 Å². The largest absolute Gasteiger partial charge is 0.354 e. The topological polar surface area (TPSA) is 48.5 Å². The van der Waals surface area contributed by atoms with Gasteiger partial charge < -0.3 is 10.2 Å². The number of anilines is 1. The molecule has 1 aliphatic heterocycles. The van der Waals surface area contributed by atoms with Crippen LogP contribution < -0.4 is 10.2 Å². The normalized spacial score (nSPS) is 35.8. The number of nitrogens with zero attached hydrogens (tertiary/aromatic N) is 3. The minimum Gasteiger partial charge on any atom is -0.354 e. The third-order valence-electron chi connectivity index (χ3n) is 7.81. The molecule has 1 saturated heterocycles. The van der Waals surface area contributed by atoms with Crippen molar-refractivity contribution in [2.24, 2.45) is 23.7 Å². The number of rotatable bonds is 4. The van der Waals surface area contributed by atoms with Gasteiger partial charge in [-0.2, -0.15) is 0 Å². The summed E-state index contributed by atoms with van der Waals surface area (Å²) in [5, 5.41) is 4.15. The summed E-state index contributed by atoms with van der Waals surface area (Å²) in [7, 11) is 0. The lowest BCUT2D eigenvalue weighted by atomic mass is 9.54. The Kier molecular flexibility index (Phi) is 5.00. The number of amides is 1. The molecule has 152 valence electrons. The van der Waals surface area contributed by atoms with Crippen molar-refractivity contribution >= 4 is 23.3 Å². The fourth-order valence-corrected chi connectivity index (χ4v) is 6.62. The number of piperazine rings is 1. The van der Waals surface area contributed by atoms with Crippen molar-refractivity contribution in [3.05, 3.63) is 23.4 Å². The highest BCUT2D eigenvalue weighted by Crippen LogP contribution is 2.53. The van der Waals surface area contributed by atoms with Gasteiger partial charge in [0.2, 0.25) is 5.91 Å². The Bertz CT molecular complexity index is 688. The zero-order valence-electron chi connectivity index (χ0n) is 16.7. The molecule has 1 aromatic rings. The second-order valence-electron chi connectivity index (χ2n) is 9.50. The number of halogens is 1. The van der Waals surface area contributed by atoms with Gasteiger partial charge in [-0.3, -0.25) is 9.69 Å². The second kappa shape index (κ2) is 7.49. The molecule has 1 atom stereocenters. The molecule has 4 bridgehead atoms. The van der Waals surface area contributed by atoms with E-state index in [-0.39, 0.29) is 11.9 Å². The Labute approximate surface area is 172 Å². The van der Waals surface area contributed by atoms with Gasteiger partial charge in [-0.25, -0.2) is 4.98 Å². The summed E-state index contributed by atoms with van der Waals surface area (Å²) >= 11 is 5.94. The van der Waals surface area contributed by atoms with Crippen molar-refractivity contribution in [2.45, 2.75) is 51.1 Å². The van der Waals surface area contributed by atoms with E-state index in [9.17, 15) is 4.79 Å². The highest BCUT2D eigenvalue weighted by atomic mass is 35.5. The Hall–Kier alpha value is -1.33. The van der Waals surface area contributed by atoms with Crippen LogP contribution in [0.15, 0.2) is 18.3 Å². The van der Waals surface area contributed by atoms with Crippen molar-refractivity contribution in [2.75, 3.05) is 31.1 Å². The van der Waals surface area contributed by atoms with Crippen LogP contribution in [-0.4, -0.2) is 54.1 Å². The monoisotopic (exact) mass is 402 g/mol. The standard InChI is InChI=1S/C22H31ClN4O/c1-14(26-4-6-27(7-5-26)20-3-2-19(23)13-24-20)22(28)25-21-17-9-15-8-16(11-17)12-18(21)10-15/h2-3,13-18,21H,4-12H2,1H3,(H,25,28). The molecule has 1 amide bonds. The van der Waals surface area contributed by atoms with Gasteiger partial charge in [0.05, 0.1) is 11.1 Å². The van der Waals surface area contributed by atoms with Crippen LogP contribution in [0.2, 0.25) is 5.02 Å². The lowest BCUT2D eigenvalue weighted by Gasteiger charge is -2.54. The molecule has 2 heterocycles. The predicted molar refractivity (Wildman–Crippen MR) is 111 cm³/mol. The first-order valence-corrected chi connectivity index (χ1v) is 11.4. The minimum atomic E-state index is -0.0579. The van der Waals surface area contributed by atoms with E-state index in [1.165, 1.54) is 32.1 Å². The van der Waals surface area contributed by atoms with Crippen molar-refractivity contribution in [3.63, 3.8) is 0 Å². The fourth-order valence-electron chi connectivity index (χ4n) is 6.50. The molecule has 5 nitrogen and oxygen atoms in total. The minimum absolute atomic E-state index is 0.0579. The van der Waals surface area contributed by atoms with Crippen LogP contribution in [0, 0.1) is 23.7 Å². The van der Waals surface area contributed by atoms with Crippen molar-refractivity contribution in [1.82, 2.24) is 15.2 Å². The molecule has 4 saturated carbocycles. The van der Waals surface area contributed by atoms with Gasteiger partial charge in [-0.15, -0.1) is 0 Å². The highest BCUT2D eigenvalue weighted by Gasteiger charge is 2.48. The third kappa shape index (κ3) is 3.52. The second-order valence-corrected chi connectivity index (χ2v) is 9.94. The van der Waals surface area contributed by atoms with Gasteiger partial charge in [0.1, 0.15) is 5.82 Å². The molecule has 4 aliphatic carbocycles. The van der Waals surface area contributed by atoms with Gasteiger partial charge in [0, 0.05) is 38.4 Å². The van der Waals surface area contributed by atoms with Crippen LogP contribution in [0.5, 0.6) is 0 Å². The van der Waals surface area contributed by atoms with E-state index in [1.54, 1.807) is 6.20 Å². The van der Waals surface area contributed by atoms with Gasteiger partial charge in [-0.05, 0) is 74.8 Å². The van der Waals surface area contributed by atoms with Crippen LogP contribution >= 0.6 is 11.6 Å². The van der Waals surface area contributed by atoms with Crippen molar-refractivity contribution < 1.29 is 4.79 Å². The van der Waals surface area contributed by atoms with E-state index >= 15 is 0 Å². The Morgan fingerprint density at radius 1 is 1.07 bits per heavy atom. The first-order valence-electron chi connectivity index (χ1n) is 11.0. The maximum Gasteiger partial charge on any atom is 0.237 e. The molecular weight excluding hydrogens is 372 g/mol. The Morgan fingerprint density at radius 2 is 1.71 bits per heavy atom. The van der Waals surface area contributed by atoms with Crippen molar-refractivity contribution in [3.8, 4) is 0 Å². The summed E-state index contributed by atoms with van der Waals surface area (Å²) in [5.74, 6) is 4.57. The van der Waals surface area contributed by atoms with Gasteiger partial charge in [0.15, 0.2) is 0 Å². The average molecular weight is 403 g/mol. The zero-order chi connectivity index (χ0) is 19.3. The number of nitrogens with one attached hydrogen (secondary N) is 1. The lowest BCUT2D eigenvalue weighted by molar-refractivity contribution is -0.130. The summed E-state index contributed by atoms with van der Waals surface area (Å²) in [6.07, 6.45) is 8.54. The van der Waals surface area contributed by atoms with E-state index in [0.717, 1.165) is 55.7 Å². The summed E-state index contributed by atoms with van der Waals surface area (Å²) in [6.45, 7) is 5.64. The van der Waals surface area contributed by atoms with E-state index < -0.39 is 0 Å². The molecule has 5 aliphatic rings. The smallest absolute Gasteiger partial charge is 0.237 e. The van der Waals surface area contributed by atoms with Crippen LogP contribution in [0.1, 0.15) is 39.0 Å². The van der Waals surface area contributed by atoms with Crippen molar-refractivity contribution in [1.29, 1.82) is 0 Å². The third-order valence-corrected chi connectivity index (χ3v) is 8.04. The van der Waals surface area contributed by atoms with Gasteiger partial charge in [-0.1, -0.05) is 11.6 Å². The number of carbonyl (C=O) groups is 1. The molecule has 0 spiro atoms. The molecule has 0 aromatic carbocycles. The van der Waals surface area contributed by atoms with E-state index in [4.69, 9.17) is 11.6 Å². The van der Waals surface area contributed by atoms with Crippen LogP contribution in [0.4, 0.5) is 5.82 Å². The molecule has 6 heteroatoms. The molecule has 5 fully saturated rings. The quantitative estimate of drug-likeness (QED) is 0.840. The summed E-state index contributed by atoms with van der Waals surface area (Å²) in [6, 6.07) is 4.23.